The number of phenols is 3. The molecule has 0 aliphatic carbocycles. The Morgan fingerprint density at radius 3 is 2.44 bits per heavy atom. The topological polar surface area (TPSA) is 94.8 Å². The van der Waals surface area contributed by atoms with Gasteiger partial charge in [-0.15, -0.1) is 0 Å². The van der Waals surface area contributed by atoms with Crippen LogP contribution in [0.2, 0.25) is 0 Å². The first-order valence-electron chi connectivity index (χ1n) is 4.79. The minimum absolute atomic E-state index is 0.143. The third-order valence-corrected chi connectivity index (χ3v) is 2.17. The first kappa shape index (κ1) is 12.0. The van der Waals surface area contributed by atoms with Crippen LogP contribution in [-0.2, 0) is 0 Å². The monoisotopic (exact) mass is 224 g/mol. The molecular formula is C11H12O5. The molecule has 1 aromatic carbocycles. The number of Topliss-reactive ketones (excluding diaryl/α,β-unsaturated/α-hetero) is 1. The molecule has 86 valence electrons. The van der Waals surface area contributed by atoms with Crippen LogP contribution in [0.15, 0.2) is 6.07 Å². The van der Waals surface area contributed by atoms with Crippen molar-refractivity contribution >= 4 is 12.1 Å². The van der Waals surface area contributed by atoms with Crippen molar-refractivity contribution in [2.75, 3.05) is 0 Å². The van der Waals surface area contributed by atoms with Gasteiger partial charge in [-0.25, -0.2) is 0 Å². The molecule has 5 heteroatoms. The standard InChI is InChI=1S/C11H12O5/c1-2-3-7(13)10-9(15)4-8(14)6(5-12)11(10)16/h4-5,14-16H,2-3H2,1H3. The van der Waals surface area contributed by atoms with Gasteiger partial charge in [-0.1, -0.05) is 6.92 Å². The summed E-state index contributed by atoms with van der Waals surface area (Å²) in [6, 6.07) is 0.867. The molecule has 0 bridgehead atoms. The number of hydrogen-bond donors (Lipinski definition) is 3. The Morgan fingerprint density at radius 1 is 1.31 bits per heavy atom. The minimum Gasteiger partial charge on any atom is -0.507 e. The van der Waals surface area contributed by atoms with Gasteiger partial charge in [-0.3, -0.25) is 9.59 Å². The maximum absolute atomic E-state index is 11.5. The lowest BCUT2D eigenvalue weighted by Gasteiger charge is -2.09. The SMILES string of the molecule is CCCC(=O)c1c(O)cc(O)c(C=O)c1O. The van der Waals surface area contributed by atoms with Crippen LogP contribution in [0.4, 0.5) is 0 Å². The Balaban J connectivity index is 3.39. The molecular weight excluding hydrogens is 212 g/mol. The molecule has 3 N–H and O–H groups in total. The van der Waals surface area contributed by atoms with Crippen molar-refractivity contribution in [2.45, 2.75) is 19.8 Å². The lowest BCUT2D eigenvalue weighted by molar-refractivity contribution is 0.0976. The Labute approximate surface area is 92.0 Å². The molecule has 0 aliphatic rings. The Hall–Kier alpha value is -2.04. The van der Waals surface area contributed by atoms with E-state index in [4.69, 9.17) is 0 Å². The second-order valence-electron chi connectivity index (χ2n) is 3.34. The van der Waals surface area contributed by atoms with Gasteiger partial charge in [-0.2, -0.15) is 0 Å². The fourth-order valence-corrected chi connectivity index (χ4v) is 1.40. The van der Waals surface area contributed by atoms with Crippen LogP contribution in [0.1, 0.15) is 40.5 Å². The summed E-state index contributed by atoms with van der Waals surface area (Å²) >= 11 is 0. The minimum atomic E-state index is -0.675. The number of phenolic OH excluding ortho intramolecular Hbond substituents is 3. The summed E-state index contributed by atoms with van der Waals surface area (Å²) in [6.07, 6.45) is 0.923. The molecule has 0 saturated carbocycles. The van der Waals surface area contributed by atoms with Crippen LogP contribution >= 0.6 is 0 Å². The smallest absolute Gasteiger partial charge is 0.170 e. The molecule has 0 aliphatic heterocycles. The zero-order valence-electron chi connectivity index (χ0n) is 8.73. The highest BCUT2D eigenvalue weighted by Crippen LogP contribution is 2.37. The summed E-state index contributed by atoms with van der Waals surface area (Å²) in [5, 5.41) is 28.3. The zero-order chi connectivity index (χ0) is 12.3. The Bertz CT molecular complexity index is 436. The summed E-state index contributed by atoms with van der Waals surface area (Å²) in [7, 11) is 0. The lowest BCUT2D eigenvalue weighted by Crippen LogP contribution is -2.01. The molecule has 0 fully saturated rings. The number of ketones is 1. The summed E-state index contributed by atoms with van der Waals surface area (Å²) in [6.45, 7) is 1.77. The molecule has 0 saturated heterocycles. The van der Waals surface area contributed by atoms with Crippen LogP contribution in [-0.4, -0.2) is 27.4 Å². The molecule has 0 heterocycles. The van der Waals surface area contributed by atoms with E-state index in [0.717, 1.165) is 6.07 Å². The van der Waals surface area contributed by atoms with E-state index in [-0.39, 0.29) is 18.3 Å². The van der Waals surface area contributed by atoms with Gasteiger partial charge in [0.15, 0.2) is 12.1 Å². The summed E-state index contributed by atoms with van der Waals surface area (Å²) in [5.41, 5.74) is -0.709. The molecule has 0 amide bonds. The van der Waals surface area contributed by atoms with E-state index in [0.29, 0.717) is 6.42 Å². The van der Waals surface area contributed by atoms with Crippen LogP contribution in [0, 0.1) is 0 Å². The van der Waals surface area contributed by atoms with Crippen molar-refractivity contribution in [1.82, 2.24) is 0 Å². The van der Waals surface area contributed by atoms with Crippen LogP contribution in [0.5, 0.6) is 17.2 Å². The van der Waals surface area contributed by atoms with Crippen molar-refractivity contribution in [1.29, 1.82) is 0 Å². The maximum atomic E-state index is 11.5. The second kappa shape index (κ2) is 4.65. The van der Waals surface area contributed by atoms with E-state index in [2.05, 4.69) is 0 Å². The highest BCUT2D eigenvalue weighted by atomic mass is 16.3. The van der Waals surface area contributed by atoms with E-state index in [1.54, 1.807) is 6.92 Å². The highest BCUT2D eigenvalue weighted by molar-refractivity contribution is 6.04. The highest BCUT2D eigenvalue weighted by Gasteiger charge is 2.21. The number of aromatic hydroxyl groups is 3. The van der Waals surface area contributed by atoms with Gasteiger partial charge >= 0.3 is 0 Å². The second-order valence-corrected chi connectivity index (χ2v) is 3.34. The average Bonchev–Trinajstić information content (AvgIpc) is 2.17. The van der Waals surface area contributed by atoms with E-state index in [1.165, 1.54) is 0 Å². The average molecular weight is 224 g/mol. The molecule has 0 unspecified atom stereocenters. The molecule has 0 spiro atoms. The quantitative estimate of drug-likeness (QED) is 0.533. The summed E-state index contributed by atoms with van der Waals surface area (Å²) < 4.78 is 0. The van der Waals surface area contributed by atoms with Crippen LogP contribution < -0.4 is 0 Å². The number of rotatable bonds is 4. The van der Waals surface area contributed by atoms with Gasteiger partial charge in [0.1, 0.15) is 22.8 Å². The molecule has 16 heavy (non-hydrogen) atoms. The van der Waals surface area contributed by atoms with Crippen LogP contribution in [0.3, 0.4) is 0 Å². The van der Waals surface area contributed by atoms with E-state index in [9.17, 15) is 24.9 Å². The van der Waals surface area contributed by atoms with Crippen molar-refractivity contribution in [3.05, 3.63) is 17.2 Å². The lowest BCUT2D eigenvalue weighted by atomic mass is 10.0. The molecule has 0 atom stereocenters. The third-order valence-electron chi connectivity index (χ3n) is 2.17. The largest absolute Gasteiger partial charge is 0.507 e. The zero-order valence-corrected chi connectivity index (χ0v) is 8.73. The van der Waals surface area contributed by atoms with Crippen molar-refractivity contribution in [3.8, 4) is 17.2 Å². The fraction of sp³-hybridized carbons (Fsp3) is 0.273. The van der Waals surface area contributed by atoms with Gasteiger partial charge in [0.2, 0.25) is 0 Å². The number of carbonyl (C=O) groups excluding carboxylic acids is 2. The summed E-state index contributed by atoms with van der Waals surface area (Å²) in [4.78, 5) is 22.1. The number of carbonyl (C=O) groups is 2. The predicted octanol–water partition coefficient (Wildman–Crippen LogP) is 1.60. The van der Waals surface area contributed by atoms with Gasteiger partial charge in [-0.05, 0) is 6.42 Å². The van der Waals surface area contributed by atoms with Crippen LogP contribution in [0.25, 0.3) is 0 Å². The Kier molecular flexibility index (Phi) is 3.50. The van der Waals surface area contributed by atoms with Crippen molar-refractivity contribution in [3.63, 3.8) is 0 Å². The van der Waals surface area contributed by atoms with Gasteiger partial charge < -0.3 is 15.3 Å². The molecule has 1 rings (SSSR count). The fourth-order valence-electron chi connectivity index (χ4n) is 1.40. The van der Waals surface area contributed by atoms with Gasteiger partial charge in [0.05, 0.1) is 5.56 Å². The first-order chi connectivity index (χ1) is 7.52. The maximum Gasteiger partial charge on any atom is 0.170 e. The number of aldehydes is 1. The van der Waals surface area contributed by atoms with Gasteiger partial charge in [0.25, 0.3) is 0 Å². The normalized spacial score (nSPS) is 10.1. The van der Waals surface area contributed by atoms with E-state index >= 15 is 0 Å². The first-order valence-corrected chi connectivity index (χ1v) is 4.79. The third kappa shape index (κ3) is 1.98. The van der Waals surface area contributed by atoms with E-state index in [1.807, 2.05) is 0 Å². The van der Waals surface area contributed by atoms with E-state index < -0.39 is 28.6 Å². The molecule has 0 radical (unpaired) electrons. The predicted molar refractivity (Wildman–Crippen MR) is 56.1 cm³/mol. The van der Waals surface area contributed by atoms with Crippen molar-refractivity contribution in [2.24, 2.45) is 0 Å². The Morgan fingerprint density at radius 2 is 1.94 bits per heavy atom. The molecule has 5 nitrogen and oxygen atoms in total. The van der Waals surface area contributed by atoms with Gasteiger partial charge in [0, 0.05) is 12.5 Å². The number of hydrogen-bond acceptors (Lipinski definition) is 5. The molecule has 0 aromatic heterocycles. The number of benzene rings is 1. The molecule has 1 aromatic rings. The van der Waals surface area contributed by atoms with Crippen molar-refractivity contribution < 1.29 is 24.9 Å². The summed E-state index contributed by atoms with van der Waals surface area (Å²) in [5.74, 6) is -2.23.